The number of aromatic nitrogens is 2. The minimum absolute atomic E-state index is 0.0662. The number of nitrogen functional groups attached to an aromatic ring is 2. The number of nitrogens with zero attached hydrogens (tertiary/aromatic N) is 2. The third-order valence-electron chi connectivity index (χ3n) is 2.64. The number of carbonyl (C=O) groups excluding carboxylic acids is 1. The van der Waals surface area contributed by atoms with Gasteiger partial charge in [0, 0.05) is 18.0 Å². The normalized spacial score (nSPS) is 11.2. The lowest BCUT2D eigenvalue weighted by molar-refractivity contribution is -0.113. The van der Waals surface area contributed by atoms with Crippen LogP contribution in [0.4, 0.5) is 17.3 Å². The molecular weight excluding hydrogens is 338 g/mol. The summed E-state index contributed by atoms with van der Waals surface area (Å²) >= 11 is 1.09. The van der Waals surface area contributed by atoms with Crippen LogP contribution in [-0.4, -0.2) is 36.3 Å². The summed E-state index contributed by atoms with van der Waals surface area (Å²) in [6.07, 6.45) is 1.12. The Kier molecular flexibility index (Phi) is 5.06. The monoisotopic (exact) mass is 353 g/mol. The van der Waals surface area contributed by atoms with Crippen molar-refractivity contribution in [1.82, 2.24) is 9.97 Å². The molecule has 0 saturated carbocycles. The van der Waals surface area contributed by atoms with Gasteiger partial charge in [-0.2, -0.15) is 0 Å². The summed E-state index contributed by atoms with van der Waals surface area (Å²) in [5, 5.41) is 2.96. The van der Waals surface area contributed by atoms with Gasteiger partial charge in [0.05, 0.1) is 10.6 Å². The molecule has 122 valence electrons. The largest absolute Gasteiger partial charge is 0.383 e. The van der Waals surface area contributed by atoms with E-state index in [2.05, 4.69) is 15.3 Å². The number of rotatable bonds is 5. The summed E-state index contributed by atoms with van der Waals surface area (Å²) in [4.78, 5) is 20.0. The van der Waals surface area contributed by atoms with Crippen molar-refractivity contribution in [2.24, 2.45) is 0 Å². The van der Waals surface area contributed by atoms with Crippen molar-refractivity contribution < 1.29 is 13.2 Å². The Morgan fingerprint density at radius 1 is 1.17 bits per heavy atom. The molecule has 0 spiro atoms. The fourth-order valence-electron chi connectivity index (χ4n) is 1.64. The predicted octanol–water partition coefficient (Wildman–Crippen LogP) is 0.775. The van der Waals surface area contributed by atoms with Crippen LogP contribution in [0.5, 0.6) is 0 Å². The van der Waals surface area contributed by atoms with E-state index in [1.165, 1.54) is 30.3 Å². The zero-order valence-electron chi connectivity index (χ0n) is 12.2. The van der Waals surface area contributed by atoms with Crippen LogP contribution in [0, 0.1) is 0 Å². The van der Waals surface area contributed by atoms with Crippen LogP contribution in [0.25, 0.3) is 0 Å². The number of sulfone groups is 1. The van der Waals surface area contributed by atoms with E-state index in [4.69, 9.17) is 11.5 Å². The Hall–Kier alpha value is -2.33. The summed E-state index contributed by atoms with van der Waals surface area (Å²) < 4.78 is 22.7. The lowest BCUT2D eigenvalue weighted by Gasteiger charge is -2.06. The zero-order chi connectivity index (χ0) is 17.0. The first-order chi connectivity index (χ1) is 10.7. The van der Waals surface area contributed by atoms with Gasteiger partial charge in [-0.15, -0.1) is 0 Å². The maximum Gasteiger partial charge on any atom is 0.234 e. The first kappa shape index (κ1) is 17.0. The first-order valence-electron chi connectivity index (χ1n) is 6.37. The summed E-state index contributed by atoms with van der Waals surface area (Å²) in [5.74, 6) is 0.247. The van der Waals surface area contributed by atoms with Gasteiger partial charge in [0.2, 0.25) is 5.91 Å². The Morgan fingerprint density at radius 3 is 2.26 bits per heavy atom. The molecular formula is C13H15N5O3S2. The van der Waals surface area contributed by atoms with Crippen LogP contribution in [0.1, 0.15) is 0 Å². The lowest BCUT2D eigenvalue weighted by Crippen LogP contribution is -2.14. The van der Waals surface area contributed by atoms with E-state index < -0.39 is 9.84 Å². The van der Waals surface area contributed by atoms with Gasteiger partial charge in [0.15, 0.2) is 15.0 Å². The maximum atomic E-state index is 11.9. The van der Waals surface area contributed by atoms with Crippen LogP contribution < -0.4 is 16.8 Å². The average molecular weight is 353 g/mol. The third-order valence-corrected chi connectivity index (χ3v) is 4.62. The molecule has 23 heavy (non-hydrogen) atoms. The molecule has 0 aliphatic carbocycles. The van der Waals surface area contributed by atoms with Crippen molar-refractivity contribution in [3.8, 4) is 0 Å². The van der Waals surface area contributed by atoms with E-state index in [0.29, 0.717) is 10.8 Å². The average Bonchev–Trinajstić information content (AvgIpc) is 2.44. The molecule has 0 aliphatic heterocycles. The number of nitrogens with one attached hydrogen (secondary N) is 1. The zero-order valence-corrected chi connectivity index (χ0v) is 13.8. The van der Waals surface area contributed by atoms with E-state index in [1.807, 2.05) is 0 Å². The Morgan fingerprint density at radius 2 is 1.74 bits per heavy atom. The van der Waals surface area contributed by atoms with Crippen LogP contribution in [-0.2, 0) is 14.6 Å². The van der Waals surface area contributed by atoms with E-state index in [1.54, 1.807) is 0 Å². The molecule has 1 amide bonds. The molecule has 1 aromatic carbocycles. The number of anilines is 3. The second-order valence-electron chi connectivity index (χ2n) is 4.63. The molecule has 10 heteroatoms. The summed E-state index contributed by atoms with van der Waals surface area (Å²) in [7, 11) is -3.26. The van der Waals surface area contributed by atoms with Gasteiger partial charge in [-0.3, -0.25) is 4.79 Å². The highest BCUT2D eigenvalue weighted by Gasteiger charge is 2.09. The molecule has 0 unspecified atom stereocenters. The fourth-order valence-corrected chi connectivity index (χ4v) is 2.94. The number of amides is 1. The molecule has 0 bridgehead atoms. The van der Waals surface area contributed by atoms with Crippen LogP contribution >= 0.6 is 11.8 Å². The van der Waals surface area contributed by atoms with Crippen molar-refractivity contribution in [2.45, 2.75) is 10.1 Å². The van der Waals surface area contributed by atoms with Crippen molar-refractivity contribution in [3.05, 3.63) is 30.3 Å². The highest BCUT2D eigenvalue weighted by molar-refractivity contribution is 7.99. The van der Waals surface area contributed by atoms with Gasteiger partial charge >= 0.3 is 0 Å². The molecule has 8 nitrogen and oxygen atoms in total. The van der Waals surface area contributed by atoms with E-state index in [-0.39, 0.29) is 28.2 Å². The van der Waals surface area contributed by atoms with Crippen molar-refractivity contribution in [1.29, 1.82) is 0 Å². The third kappa shape index (κ3) is 5.11. The predicted molar refractivity (Wildman–Crippen MR) is 89.8 cm³/mol. The molecule has 2 rings (SSSR count). The molecule has 0 saturated heterocycles. The maximum absolute atomic E-state index is 11.9. The summed E-state index contributed by atoms with van der Waals surface area (Å²) in [6, 6.07) is 7.33. The molecule has 0 fully saturated rings. The Balaban J connectivity index is 1.94. The first-order valence-corrected chi connectivity index (χ1v) is 9.24. The molecule has 2 aromatic rings. The highest BCUT2D eigenvalue weighted by atomic mass is 32.2. The smallest absolute Gasteiger partial charge is 0.234 e. The highest BCUT2D eigenvalue weighted by Crippen LogP contribution is 2.18. The van der Waals surface area contributed by atoms with E-state index >= 15 is 0 Å². The molecule has 0 radical (unpaired) electrons. The molecule has 5 N–H and O–H groups in total. The van der Waals surface area contributed by atoms with Crippen molar-refractivity contribution in [2.75, 3.05) is 28.8 Å². The Bertz CT molecular complexity index is 802. The number of thioether (sulfide) groups is 1. The second-order valence-corrected chi connectivity index (χ2v) is 7.59. The van der Waals surface area contributed by atoms with Gasteiger partial charge in [0.1, 0.15) is 11.6 Å². The SMILES string of the molecule is CS(=O)(=O)c1ccc(NC(=O)CSc2nc(N)cc(N)n2)cc1. The number of hydrogen-bond acceptors (Lipinski definition) is 8. The summed E-state index contributed by atoms with van der Waals surface area (Å²) in [6.45, 7) is 0. The number of carbonyl (C=O) groups is 1. The number of nitrogens with two attached hydrogens (primary N) is 2. The molecule has 1 heterocycles. The fraction of sp³-hybridized carbons (Fsp3) is 0.154. The van der Waals surface area contributed by atoms with Crippen LogP contribution in [0.3, 0.4) is 0 Å². The number of hydrogen-bond donors (Lipinski definition) is 3. The van der Waals surface area contributed by atoms with E-state index in [9.17, 15) is 13.2 Å². The molecule has 1 aromatic heterocycles. The van der Waals surface area contributed by atoms with Crippen molar-refractivity contribution >= 4 is 44.8 Å². The summed E-state index contributed by atoms with van der Waals surface area (Å²) in [5.41, 5.74) is 11.6. The van der Waals surface area contributed by atoms with Gasteiger partial charge in [-0.1, -0.05) is 11.8 Å². The second kappa shape index (κ2) is 6.84. The van der Waals surface area contributed by atoms with E-state index in [0.717, 1.165) is 18.0 Å². The Labute approximate surface area is 137 Å². The van der Waals surface area contributed by atoms with Gasteiger partial charge in [-0.25, -0.2) is 18.4 Å². The van der Waals surface area contributed by atoms with Gasteiger partial charge < -0.3 is 16.8 Å². The minimum atomic E-state index is -3.26. The molecule has 0 atom stereocenters. The number of benzene rings is 1. The minimum Gasteiger partial charge on any atom is -0.383 e. The quantitative estimate of drug-likeness (QED) is 0.529. The van der Waals surface area contributed by atoms with Crippen LogP contribution in [0.15, 0.2) is 40.4 Å². The lowest BCUT2D eigenvalue weighted by atomic mass is 10.3. The van der Waals surface area contributed by atoms with Gasteiger partial charge in [-0.05, 0) is 24.3 Å². The van der Waals surface area contributed by atoms with Gasteiger partial charge in [0.25, 0.3) is 0 Å². The topological polar surface area (TPSA) is 141 Å². The molecule has 0 aliphatic rings. The van der Waals surface area contributed by atoms with Crippen LogP contribution in [0.2, 0.25) is 0 Å². The standard InChI is InChI=1S/C13H15N5O3S2/c1-23(20,21)9-4-2-8(3-5-9)16-12(19)7-22-13-17-10(14)6-11(15)18-13/h2-6H,7H2,1H3,(H,16,19)(H4,14,15,17,18). The van der Waals surface area contributed by atoms with Crippen molar-refractivity contribution in [3.63, 3.8) is 0 Å².